The maximum absolute atomic E-state index is 2.47. The van der Waals surface area contributed by atoms with Gasteiger partial charge in [-0.15, -0.1) is 0 Å². The molecule has 0 amide bonds. The standard InChI is InChI=1S/C57H38/c1-3-19-51-45(15-1)46-16-2-4-20-52(46)57(51,43-29-25-35(26-30-43)49-33-41-13-5-9-37-21-23-39-11-7-17-47(49)55(39)53(37)41)44-31-27-36(28-32-44)50-34-42-14-6-10-38-22-24-40-12-8-18-48(50)56(40)54(38)42/h1-12,15-22,25-34H,13-14,23-24H2. The second-order valence-corrected chi connectivity index (χ2v) is 16.5. The first-order chi connectivity index (χ1) is 28.3. The summed E-state index contributed by atoms with van der Waals surface area (Å²) in [5.74, 6) is 0. The summed E-state index contributed by atoms with van der Waals surface area (Å²) < 4.78 is 0. The normalized spacial score (nSPS) is 16.0. The summed E-state index contributed by atoms with van der Waals surface area (Å²) in [6, 6.07) is 56.2. The number of fused-ring (bicyclic) bond motifs is 3. The molecule has 5 aliphatic rings. The minimum absolute atomic E-state index is 0.461. The summed E-state index contributed by atoms with van der Waals surface area (Å²) in [5.41, 5.74) is 24.1. The van der Waals surface area contributed by atoms with Crippen LogP contribution in [0.2, 0.25) is 0 Å². The first kappa shape index (κ1) is 31.4. The summed E-state index contributed by atoms with van der Waals surface area (Å²) in [5, 5.41) is 5.61. The van der Waals surface area contributed by atoms with Crippen LogP contribution in [0.4, 0.5) is 0 Å². The first-order valence-electron chi connectivity index (χ1n) is 20.6. The molecule has 0 atom stereocenters. The molecule has 0 heteroatoms. The molecular formula is C57H38. The molecule has 5 aliphatic carbocycles. The second kappa shape index (κ2) is 11.6. The van der Waals surface area contributed by atoms with E-state index in [1.807, 2.05) is 0 Å². The van der Waals surface area contributed by atoms with Gasteiger partial charge in [-0.2, -0.15) is 0 Å². The third-order valence-electron chi connectivity index (χ3n) is 13.8. The zero-order valence-electron chi connectivity index (χ0n) is 31.6. The van der Waals surface area contributed by atoms with Crippen molar-refractivity contribution >= 4 is 32.7 Å². The first-order valence-corrected chi connectivity index (χ1v) is 20.6. The van der Waals surface area contributed by atoms with E-state index in [-0.39, 0.29) is 0 Å². The lowest BCUT2D eigenvalue weighted by Gasteiger charge is -2.34. The SMILES string of the molecule is C1=CC2=CCc3cccc4c(-c5ccc(C6(c7ccc(-c8cc9c%10c%11c(cccc8%11)CC=C%10C=CC9)cc7)c7ccccc7-c7ccccc76)cc5)cc(c2c34)C1. The lowest BCUT2D eigenvalue weighted by molar-refractivity contribution is 0.769. The van der Waals surface area contributed by atoms with Gasteiger partial charge in [-0.05, 0) is 160 Å². The fourth-order valence-corrected chi connectivity index (χ4v) is 11.4. The maximum Gasteiger partial charge on any atom is 0.0713 e. The van der Waals surface area contributed by atoms with Crippen LogP contribution in [0.1, 0.15) is 55.6 Å². The monoisotopic (exact) mass is 722 g/mol. The van der Waals surface area contributed by atoms with Crippen LogP contribution < -0.4 is 0 Å². The molecule has 0 radical (unpaired) electrons. The van der Waals surface area contributed by atoms with Crippen molar-refractivity contribution in [1.82, 2.24) is 0 Å². The lowest BCUT2D eigenvalue weighted by atomic mass is 9.67. The van der Waals surface area contributed by atoms with E-state index in [2.05, 4.69) is 182 Å². The average molecular weight is 723 g/mol. The highest BCUT2D eigenvalue weighted by molar-refractivity contribution is 6.10. The summed E-state index contributed by atoms with van der Waals surface area (Å²) in [7, 11) is 0. The van der Waals surface area contributed by atoms with E-state index in [1.54, 1.807) is 0 Å². The second-order valence-electron chi connectivity index (χ2n) is 16.5. The van der Waals surface area contributed by atoms with Crippen molar-refractivity contribution in [2.24, 2.45) is 0 Å². The summed E-state index contributed by atoms with van der Waals surface area (Å²) in [6.07, 6.45) is 18.1. The van der Waals surface area contributed by atoms with E-state index >= 15 is 0 Å². The Balaban J connectivity index is 0.995. The number of hydrogen-bond donors (Lipinski definition) is 0. The van der Waals surface area contributed by atoms with Crippen LogP contribution in [0.5, 0.6) is 0 Å². The molecule has 0 nitrogen and oxygen atoms in total. The van der Waals surface area contributed by atoms with Gasteiger partial charge in [-0.25, -0.2) is 0 Å². The Morgan fingerprint density at radius 3 is 1.30 bits per heavy atom. The summed E-state index contributed by atoms with van der Waals surface area (Å²) >= 11 is 0. The Bertz CT molecular complexity index is 2980. The number of benzene rings is 8. The molecule has 0 spiro atoms. The predicted molar refractivity (Wildman–Crippen MR) is 239 cm³/mol. The fraction of sp³-hybridized carbons (Fsp3) is 0.0877. The summed E-state index contributed by atoms with van der Waals surface area (Å²) in [6.45, 7) is 0. The molecule has 0 N–H and O–H groups in total. The third-order valence-corrected chi connectivity index (χ3v) is 13.8. The smallest absolute Gasteiger partial charge is 0.0713 e. The Kier molecular flexibility index (Phi) is 6.42. The minimum Gasteiger partial charge on any atom is -0.0795 e. The van der Waals surface area contributed by atoms with Gasteiger partial charge in [-0.1, -0.05) is 170 Å². The zero-order chi connectivity index (χ0) is 37.2. The van der Waals surface area contributed by atoms with Gasteiger partial charge in [0.2, 0.25) is 0 Å². The lowest BCUT2D eigenvalue weighted by Crippen LogP contribution is -2.28. The molecule has 0 heterocycles. The van der Waals surface area contributed by atoms with E-state index in [1.165, 1.54) is 122 Å². The van der Waals surface area contributed by atoms with Crippen LogP contribution in [0.15, 0.2) is 182 Å². The van der Waals surface area contributed by atoms with E-state index in [4.69, 9.17) is 0 Å². The van der Waals surface area contributed by atoms with Gasteiger partial charge in [0.1, 0.15) is 0 Å². The zero-order valence-corrected chi connectivity index (χ0v) is 31.6. The van der Waals surface area contributed by atoms with Gasteiger partial charge in [0.25, 0.3) is 0 Å². The van der Waals surface area contributed by atoms with E-state index in [0.29, 0.717) is 0 Å². The van der Waals surface area contributed by atoms with Crippen LogP contribution in [-0.4, -0.2) is 0 Å². The molecule has 0 unspecified atom stereocenters. The van der Waals surface area contributed by atoms with E-state index in [9.17, 15) is 0 Å². The average Bonchev–Trinajstić information content (AvgIpc) is 3.58. The largest absolute Gasteiger partial charge is 0.0795 e. The topological polar surface area (TPSA) is 0 Å². The van der Waals surface area contributed by atoms with Gasteiger partial charge >= 0.3 is 0 Å². The highest BCUT2D eigenvalue weighted by Crippen LogP contribution is 2.56. The molecule has 8 aromatic rings. The molecule has 0 aliphatic heterocycles. The molecule has 0 aromatic heterocycles. The quantitative estimate of drug-likeness (QED) is 0.170. The Hall–Kier alpha value is -6.76. The molecule has 8 aromatic carbocycles. The molecule has 13 rings (SSSR count). The Morgan fingerprint density at radius 1 is 0.368 bits per heavy atom. The predicted octanol–water partition coefficient (Wildman–Crippen LogP) is 13.8. The van der Waals surface area contributed by atoms with Crippen molar-refractivity contribution in [3.8, 4) is 33.4 Å². The third kappa shape index (κ3) is 4.23. The van der Waals surface area contributed by atoms with Gasteiger partial charge in [0.05, 0.1) is 5.41 Å². The number of rotatable bonds is 4. The fourth-order valence-electron chi connectivity index (χ4n) is 11.4. The molecule has 0 saturated heterocycles. The van der Waals surface area contributed by atoms with Gasteiger partial charge in [-0.3, -0.25) is 0 Å². The maximum atomic E-state index is 2.47. The van der Waals surface area contributed by atoms with Crippen LogP contribution >= 0.6 is 0 Å². The highest BCUT2D eigenvalue weighted by Gasteiger charge is 2.46. The molecule has 0 fully saturated rings. The number of hydrogen-bond acceptors (Lipinski definition) is 0. The van der Waals surface area contributed by atoms with Gasteiger partial charge in [0.15, 0.2) is 0 Å². The van der Waals surface area contributed by atoms with E-state index in [0.717, 1.165) is 25.7 Å². The molecule has 266 valence electrons. The van der Waals surface area contributed by atoms with Crippen molar-refractivity contribution in [1.29, 1.82) is 0 Å². The Morgan fingerprint density at radius 2 is 0.825 bits per heavy atom. The van der Waals surface area contributed by atoms with Crippen LogP contribution in [0.3, 0.4) is 0 Å². The number of allylic oxidation sites excluding steroid dienone is 8. The van der Waals surface area contributed by atoms with E-state index < -0.39 is 5.41 Å². The molecule has 0 bridgehead atoms. The van der Waals surface area contributed by atoms with Crippen LogP contribution in [0, 0.1) is 0 Å². The van der Waals surface area contributed by atoms with Crippen LogP contribution in [-0.2, 0) is 31.1 Å². The van der Waals surface area contributed by atoms with Crippen LogP contribution in [0.25, 0.3) is 66.1 Å². The van der Waals surface area contributed by atoms with Crippen molar-refractivity contribution in [3.05, 3.63) is 238 Å². The molecule has 57 heavy (non-hydrogen) atoms. The highest BCUT2D eigenvalue weighted by atomic mass is 14.5. The van der Waals surface area contributed by atoms with Gasteiger partial charge < -0.3 is 0 Å². The molecule has 0 saturated carbocycles. The van der Waals surface area contributed by atoms with Gasteiger partial charge in [0, 0.05) is 0 Å². The summed E-state index contributed by atoms with van der Waals surface area (Å²) in [4.78, 5) is 0. The van der Waals surface area contributed by atoms with Crippen molar-refractivity contribution < 1.29 is 0 Å². The van der Waals surface area contributed by atoms with Crippen molar-refractivity contribution in [3.63, 3.8) is 0 Å². The van der Waals surface area contributed by atoms with Crippen molar-refractivity contribution in [2.75, 3.05) is 0 Å². The minimum atomic E-state index is -0.461. The Labute approximate surface area is 333 Å². The molecular weight excluding hydrogens is 685 g/mol. The van der Waals surface area contributed by atoms with Crippen molar-refractivity contribution in [2.45, 2.75) is 31.1 Å².